The van der Waals surface area contributed by atoms with Crippen molar-refractivity contribution in [3.63, 3.8) is 0 Å². The van der Waals surface area contributed by atoms with Gasteiger partial charge in [0.1, 0.15) is 11.3 Å². The average molecular weight is 378 g/mol. The zero-order valence-corrected chi connectivity index (χ0v) is 13.8. The number of aromatic nitrogens is 3. The third-order valence-electron chi connectivity index (χ3n) is 5.01. The van der Waals surface area contributed by atoms with Crippen LogP contribution in [0.2, 0.25) is 0 Å². The van der Waals surface area contributed by atoms with Crippen LogP contribution in [0.1, 0.15) is 22.5 Å². The van der Waals surface area contributed by atoms with Crippen LogP contribution in [-0.4, -0.2) is 50.5 Å². The predicted octanol–water partition coefficient (Wildman–Crippen LogP) is 2.62. The van der Waals surface area contributed by atoms with Crippen LogP contribution in [0.25, 0.3) is 17.0 Å². The summed E-state index contributed by atoms with van der Waals surface area (Å²) < 4.78 is 52.0. The molecule has 0 N–H and O–H groups in total. The number of nitrogens with zero attached hydrogens (tertiary/aromatic N) is 4. The molecule has 140 valence electrons. The van der Waals surface area contributed by atoms with Crippen molar-refractivity contribution in [1.29, 1.82) is 0 Å². The highest BCUT2D eigenvalue weighted by Crippen LogP contribution is 2.35. The Morgan fingerprint density at radius 2 is 2.15 bits per heavy atom. The van der Waals surface area contributed by atoms with Crippen molar-refractivity contribution in [1.82, 2.24) is 19.3 Å². The number of pyridine rings is 1. The highest BCUT2D eigenvalue weighted by atomic mass is 19.4. The van der Waals surface area contributed by atoms with Crippen LogP contribution in [-0.2, 0) is 10.9 Å². The molecule has 7 nitrogen and oxygen atoms in total. The number of likely N-dealkylation sites (tertiary alicyclic amines) is 1. The van der Waals surface area contributed by atoms with Gasteiger partial charge in [0, 0.05) is 12.7 Å². The second-order valence-corrected chi connectivity index (χ2v) is 6.65. The number of hydrogen-bond donors (Lipinski definition) is 0. The van der Waals surface area contributed by atoms with Crippen LogP contribution >= 0.6 is 0 Å². The van der Waals surface area contributed by atoms with E-state index in [4.69, 9.17) is 9.15 Å². The monoisotopic (exact) mass is 378 g/mol. The molecule has 2 fully saturated rings. The van der Waals surface area contributed by atoms with Gasteiger partial charge in [-0.05, 0) is 12.5 Å². The summed E-state index contributed by atoms with van der Waals surface area (Å²) in [5, 5.41) is 0. The van der Waals surface area contributed by atoms with Crippen LogP contribution in [0.5, 0.6) is 0 Å². The highest BCUT2D eigenvalue weighted by molar-refractivity contribution is 5.94. The van der Waals surface area contributed by atoms with Gasteiger partial charge in [-0.3, -0.25) is 9.20 Å². The number of halogens is 3. The van der Waals surface area contributed by atoms with Gasteiger partial charge in [-0.25, -0.2) is 9.97 Å². The maximum Gasteiger partial charge on any atom is 0.417 e. The van der Waals surface area contributed by atoms with Gasteiger partial charge in [0.2, 0.25) is 0 Å². The number of ether oxygens (including phenoxy) is 1. The molecule has 0 saturated carbocycles. The third kappa shape index (κ3) is 2.51. The van der Waals surface area contributed by atoms with Crippen LogP contribution in [0, 0.1) is 0 Å². The Kier molecular flexibility index (Phi) is 3.36. The van der Waals surface area contributed by atoms with Gasteiger partial charge in [-0.1, -0.05) is 0 Å². The first-order chi connectivity index (χ1) is 12.9. The number of alkyl halides is 3. The SMILES string of the molecule is O=C(c1cnc2c(-c3cnco3)cc(C(F)(F)F)cn12)N1CC2CC1CO2. The second kappa shape index (κ2) is 5.56. The normalized spacial score (nSPS) is 22.1. The zero-order valence-electron chi connectivity index (χ0n) is 13.8. The van der Waals surface area contributed by atoms with Crippen molar-refractivity contribution in [3.8, 4) is 11.3 Å². The van der Waals surface area contributed by atoms with Gasteiger partial charge < -0.3 is 14.1 Å². The maximum absolute atomic E-state index is 13.4. The molecule has 2 aliphatic heterocycles. The van der Waals surface area contributed by atoms with Crippen molar-refractivity contribution in [3.05, 3.63) is 42.3 Å². The van der Waals surface area contributed by atoms with Crippen LogP contribution in [0.4, 0.5) is 13.2 Å². The largest absolute Gasteiger partial charge is 0.443 e. The molecule has 2 saturated heterocycles. The molecule has 0 aromatic carbocycles. The number of rotatable bonds is 2. The van der Waals surface area contributed by atoms with E-state index in [2.05, 4.69) is 9.97 Å². The molecule has 2 atom stereocenters. The van der Waals surface area contributed by atoms with Crippen molar-refractivity contribution < 1.29 is 27.1 Å². The Balaban J connectivity index is 1.66. The van der Waals surface area contributed by atoms with Gasteiger partial charge >= 0.3 is 6.18 Å². The van der Waals surface area contributed by atoms with E-state index in [1.165, 1.54) is 16.8 Å². The quantitative estimate of drug-likeness (QED) is 0.686. The molecule has 2 bridgehead atoms. The molecule has 0 spiro atoms. The number of imidazole rings is 1. The first kappa shape index (κ1) is 16.3. The van der Waals surface area contributed by atoms with E-state index < -0.39 is 11.7 Å². The number of carbonyl (C=O) groups excluding carboxylic acids is 1. The Bertz CT molecular complexity index is 1030. The molecule has 3 aromatic heterocycles. The van der Waals surface area contributed by atoms with Crippen molar-refractivity contribution in [2.45, 2.75) is 24.7 Å². The maximum atomic E-state index is 13.4. The lowest BCUT2D eigenvalue weighted by Gasteiger charge is -2.26. The van der Waals surface area contributed by atoms with E-state index in [-0.39, 0.29) is 40.7 Å². The van der Waals surface area contributed by atoms with Crippen LogP contribution < -0.4 is 0 Å². The molecule has 1 amide bonds. The van der Waals surface area contributed by atoms with Crippen molar-refractivity contribution >= 4 is 11.6 Å². The average Bonchev–Trinajstić information content (AvgIpc) is 3.43. The molecule has 0 radical (unpaired) electrons. The predicted molar refractivity (Wildman–Crippen MR) is 84.9 cm³/mol. The standard InChI is InChI=1S/C17H13F3N4O3/c18-17(19,20)9-1-12(14-4-21-8-27-14)15-22-3-13(24(15)5-9)16(25)23-6-11-2-10(23)7-26-11/h1,3-5,8,10-11H,2,6-7H2. The molecule has 10 heteroatoms. The van der Waals surface area contributed by atoms with Crippen LogP contribution in [0.15, 0.2) is 35.5 Å². The summed E-state index contributed by atoms with van der Waals surface area (Å²) in [5.74, 6) is -0.217. The number of oxazole rings is 1. The molecule has 27 heavy (non-hydrogen) atoms. The van der Waals surface area contributed by atoms with Gasteiger partial charge in [0.15, 0.2) is 12.2 Å². The summed E-state index contributed by atoms with van der Waals surface area (Å²) in [4.78, 5) is 22.5. The molecule has 3 aromatic rings. The lowest BCUT2D eigenvalue weighted by atomic mass is 10.1. The van der Waals surface area contributed by atoms with E-state index in [0.717, 1.165) is 25.1 Å². The summed E-state index contributed by atoms with van der Waals surface area (Å²) in [6.07, 6.45) is 0.775. The van der Waals surface area contributed by atoms with E-state index >= 15 is 0 Å². The minimum absolute atomic E-state index is 0.00590. The first-order valence-electron chi connectivity index (χ1n) is 8.31. The van der Waals surface area contributed by atoms with Crippen LogP contribution in [0.3, 0.4) is 0 Å². The molecule has 2 aliphatic rings. The van der Waals surface area contributed by atoms with E-state index in [9.17, 15) is 18.0 Å². The number of morpholine rings is 1. The van der Waals surface area contributed by atoms with Gasteiger partial charge in [0.05, 0.1) is 42.3 Å². The Morgan fingerprint density at radius 1 is 1.30 bits per heavy atom. The van der Waals surface area contributed by atoms with Gasteiger partial charge in [0.25, 0.3) is 5.91 Å². The first-order valence-corrected chi connectivity index (χ1v) is 8.31. The smallest absolute Gasteiger partial charge is 0.417 e. The molecule has 0 aliphatic carbocycles. The van der Waals surface area contributed by atoms with E-state index in [1.807, 2.05) is 0 Å². The zero-order chi connectivity index (χ0) is 18.8. The van der Waals surface area contributed by atoms with Gasteiger partial charge in [-0.15, -0.1) is 0 Å². The lowest BCUT2D eigenvalue weighted by Crippen LogP contribution is -2.41. The summed E-state index contributed by atoms with van der Waals surface area (Å²) >= 11 is 0. The topological polar surface area (TPSA) is 72.9 Å². The number of fused-ring (bicyclic) bond motifs is 3. The van der Waals surface area contributed by atoms with E-state index in [1.54, 1.807) is 4.90 Å². The number of carbonyl (C=O) groups is 1. The summed E-state index contributed by atoms with van der Waals surface area (Å²) in [6, 6.07) is 0.899. The van der Waals surface area contributed by atoms with Crippen molar-refractivity contribution in [2.24, 2.45) is 0 Å². The molecular formula is C17H13F3N4O3. The van der Waals surface area contributed by atoms with Crippen molar-refractivity contribution in [2.75, 3.05) is 13.2 Å². The Hall–Kier alpha value is -2.88. The molecule has 2 unspecified atom stereocenters. The van der Waals surface area contributed by atoms with E-state index in [0.29, 0.717) is 13.2 Å². The molecular weight excluding hydrogens is 365 g/mol. The summed E-state index contributed by atoms with van der Waals surface area (Å²) in [7, 11) is 0. The molecule has 5 rings (SSSR count). The fourth-order valence-electron chi connectivity index (χ4n) is 3.73. The second-order valence-electron chi connectivity index (χ2n) is 6.65. The number of hydrogen-bond acceptors (Lipinski definition) is 5. The Labute approximate surface area is 150 Å². The minimum Gasteiger partial charge on any atom is -0.443 e. The van der Waals surface area contributed by atoms with Gasteiger partial charge in [-0.2, -0.15) is 13.2 Å². The highest BCUT2D eigenvalue weighted by Gasteiger charge is 2.42. The Morgan fingerprint density at radius 3 is 2.78 bits per heavy atom. The lowest BCUT2D eigenvalue weighted by molar-refractivity contribution is -0.137. The fraction of sp³-hybridized carbons (Fsp3) is 0.353. The molecule has 5 heterocycles. The minimum atomic E-state index is -4.59. The fourth-order valence-corrected chi connectivity index (χ4v) is 3.73. The third-order valence-corrected chi connectivity index (χ3v) is 5.01. The summed E-state index contributed by atoms with van der Waals surface area (Å²) in [6.45, 7) is 0.884. The summed E-state index contributed by atoms with van der Waals surface area (Å²) in [5.41, 5.74) is -0.513. The number of amides is 1.